The van der Waals surface area contributed by atoms with Crippen LogP contribution in [0, 0.1) is 12.8 Å². The van der Waals surface area contributed by atoms with E-state index in [0.717, 1.165) is 69.7 Å². The molecule has 14 heteroatoms. The number of likely N-dealkylation sites (tertiary alicyclic amines) is 2. The summed E-state index contributed by atoms with van der Waals surface area (Å²) in [5.74, 6) is 2.10. The molecule has 4 fully saturated rings. The Morgan fingerprint density at radius 2 is 1.96 bits per heavy atom. The number of ether oxygens (including phenoxy) is 1. The quantitative estimate of drug-likeness (QED) is 0.282. The number of amides is 2. The monoisotopic (exact) mass is 625 g/mol. The van der Waals surface area contributed by atoms with E-state index in [1.54, 1.807) is 17.9 Å². The van der Waals surface area contributed by atoms with Gasteiger partial charge >= 0.3 is 0 Å². The van der Waals surface area contributed by atoms with Crippen molar-refractivity contribution in [2.24, 2.45) is 5.92 Å². The second-order valence-electron chi connectivity index (χ2n) is 12.9. The van der Waals surface area contributed by atoms with Gasteiger partial charge in [0.1, 0.15) is 24.3 Å². The Balaban J connectivity index is 0.974. The maximum Gasteiger partial charge on any atom is 0.270 e. The predicted molar refractivity (Wildman–Crippen MR) is 167 cm³/mol. The first-order chi connectivity index (χ1) is 21.8. The van der Waals surface area contributed by atoms with E-state index in [1.807, 2.05) is 6.92 Å². The molecule has 2 aromatic heterocycles. The van der Waals surface area contributed by atoms with Crippen molar-refractivity contribution >= 4 is 23.6 Å². The highest BCUT2D eigenvalue weighted by Crippen LogP contribution is 2.28. The van der Waals surface area contributed by atoms with E-state index in [2.05, 4.69) is 35.7 Å². The lowest BCUT2D eigenvalue weighted by Gasteiger charge is -2.44. The van der Waals surface area contributed by atoms with Gasteiger partial charge in [-0.05, 0) is 57.9 Å². The number of piperidine rings is 3. The highest BCUT2D eigenvalue weighted by molar-refractivity contribution is 5.93. The first-order valence-corrected chi connectivity index (χ1v) is 16.4. The summed E-state index contributed by atoms with van der Waals surface area (Å²) in [5.41, 5.74) is 1.13. The molecule has 0 saturated carbocycles. The third-order valence-corrected chi connectivity index (χ3v) is 9.51. The lowest BCUT2D eigenvalue weighted by atomic mass is 9.84. The number of nitrogens with zero attached hydrogens (tertiary/aromatic N) is 6. The Kier molecular flexibility index (Phi) is 10.1. The Hall–Kier alpha value is -3.33. The number of hydrogen-bond donors (Lipinski definition) is 4. The average Bonchev–Trinajstić information content (AvgIpc) is 3.44. The van der Waals surface area contributed by atoms with Crippen LogP contribution in [-0.4, -0.2) is 118 Å². The zero-order valence-corrected chi connectivity index (χ0v) is 26.4. The molecule has 0 bridgehead atoms. The maximum atomic E-state index is 13.3. The minimum atomic E-state index is -0.697. The van der Waals surface area contributed by atoms with Crippen LogP contribution >= 0.6 is 0 Å². The first kappa shape index (κ1) is 31.6. The minimum Gasteiger partial charge on any atom is -0.446 e. The number of oxazole rings is 1. The van der Waals surface area contributed by atoms with Crippen LogP contribution in [0.3, 0.4) is 0 Å². The number of aliphatic hydroxyl groups excluding tert-OH is 1. The van der Waals surface area contributed by atoms with Gasteiger partial charge in [-0.1, -0.05) is 0 Å². The summed E-state index contributed by atoms with van der Waals surface area (Å²) in [5, 5.41) is 20.8. The summed E-state index contributed by atoms with van der Waals surface area (Å²) in [7, 11) is 0. The molecule has 6 rings (SSSR count). The lowest BCUT2D eigenvalue weighted by molar-refractivity contribution is -0.132. The Bertz CT molecular complexity index is 1310. The number of hydrogen-bond acceptors (Lipinski definition) is 12. The fourth-order valence-electron chi connectivity index (χ4n) is 6.81. The number of aromatic nitrogens is 3. The van der Waals surface area contributed by atoms with Crippen LogP contribution in [0.25, 0.3) is 0 Å². The van der Waals surface area contributed by atoms with E-state index in [4.69, 9.17) is 14.1 Å². The van der Waals surface area contributed by atoms with Crippen molar-refractivity contribution in [3.8, 4) is 0 Å². The van der Waals surface area contributed by atoms with Crippen molar-refractivity contribution in [2.75, 3.05) is 62.6 Å². The van der Waals surface area contributed by atoms with E-state index in [-0.39, 0.29) is 36.3 Å². The number of carbonyl (C=O) groups is 2. The van der Waals surface area contributed by atoms with Gasteiger partial charge in [-0.2, -0.15) is 4.98 Å². The third kappa shape index (κ3) is 8.10. The molecule has 4 unspecified atom stereocenters. The second kappa shape index (κ2) is 14.4. The molecule has 246 valence electrons. The molecule has 0 radical (unpaired) electrons. The van der Waals surface area contributed by atoms with Gasteiger partial charge in [0.05, 0.1) is 17.8 Å². The number of anilines is 2. The fourth-order valence-corrected chi connectivity index (χ4v) is 6.81. The smallest absolute Gasteiger partial charge is 0.270 e. The van der Waals surface area contributed by atoms with Crippen LogP contribution in [-0.2, 0) is 16.1 Å². The molecule has 4 aliphatic heterocycles. The molecule has 4 saturated heterocycles. The highest BCUT2D eigenvalue weighted by Gasteiger charge is 2.35. The Morgan fingerprint density at radius 3 is 2.71 bits per heavy atom. The van der Waals surface area contributed by atoms with Crippen molar-refractivity contribution in [2.45, 2.75) is 83.4 Å². The first-order valence-electron chi connectivity index (χ1n) is 16.4. The predicted octanol–water partition coefficient (Wildman–Crippen LogP) is 1.11. The van der Waals surface area contributed by atoms with Crippen LogP contribution in [0.15, 0.2) is 16.9 Å². The topological polar surface area (TPSA) is 161 Å². The summed E-state index contributed by atoms with van der Waals surface area (Å²) >= 11 is 0. The maximum absolute atomic E-state index is 13.3. The molecule has 4 atom stereocenters. The Morgan fingerprint density at radius 1 is 1.13 bits per heavy atom. The number of fused-ring (bicyclic) bond motifs is 1. The van der Waals surface area contributed by atoms with Crippen molar-refractivity contribution in [1.29, 1.82) is 0 Å². The molecule has 2 aromatic rings. The number of aliphatic hydroxyl groups is 1. The molecule has 0 aromatic carbocycles. The largest absolute Gasteiger partial charge is 0.446 e. The molecule has 6 heterocycles. The van der Waals surface area contributed by atoms with Crippen molar-refractivity contribution in [3.63, 3.8) is 0 Å². The summed E-state index contributed by atoms with van der Waals surface area (Å²) in [6, 6.07) is 2.13. The van der Waals surface area contributed by atoms with E-state index < -0.39 is 6.10 Å². The van der Waals surface area contributed by atoms with E-state index >= 15 is 0 Å². The van der Waals surface area contributed by atoms with Crippen LogP contribution in [0.5, 0.6) is 0 Å². The SMILES string of the molecule is CC(=O)N1CC(Nc2cc(C(=O)NCC(O)CN3CCC4NC(OCc5ocnc5C)CCC4C3)nc(N3CCCCC3)n2)C1. The van der Waals surface area contributed by atoms with Crippen LogP contribution in [0.2, 0.25) is 0 Å². The average molecular weight is 626 g/mol. The second-order valence-corrected chi connectivity index (χ2v) is 12.9. The van der Waals surface area contributed by atoms with Gasteiger partial charge in [0, 0.05) is 64.8 Å². The summed E-state index contributed by atoms with van der Waals surface area (Å²) in [6.07, 6.45) is 7.02. The summed E-state index contributed by atoms with van der Waals surface area (Å²) in [4.78, 5) is 44.5. The van der Waals surface area contributed by atoms with Crippen LogP contribution in [0.1, 0.15) is 67.4 Å². The Labute approximate surface area is 264 Å². The van der Waals surface area contributed by atoms with Crippen molar-refractivity contribution < 1.29 is 23.8 Å². The van der Waals surface area contributed by atoms with Crippen LogP contribution < -0.4 is 20.9 Å². The zero-order valence-electron chi connectivity index (χ0n) is 26.4. The molecular formula is C31H47N9O5. The molecular weight excluding hydrogens is 578 g/mol. The van der Waals surface area contributed by atoms with Crippen LogP contribution in [0.4, 0.5) is 11.8 Å². The van der Waals surface area contributed by atoms with Crippen molar-refractivity contribution in [1.82, 2.24) is 35.4 Å². The number of aryl methyl sites for hydroxylation is 1. The third-order valence-electron chi connectivity index (χ3n) is 9.51. The minimum absolute atomic E-state index is 0.000000407. The van der Waals surface area contributed by atoms with E-state index in [9.17, 15) is 14.7 Å². The lowest BCUT2D eigenvalue weighted by Crippen LogP contribution is -2.57. The molecule has 0 spiro atoms. The highest BCUT2D eigenvalue weighted by atomic mass is 16.5. The van der Waals surface area contributed by atoms with Gasteiger partial charge in [0.2, 0.25) is 11.9 Å². The summed E-state index contributed by atoms with van der Waals surface area (Å²) in [6.45, 7) is 9.24. The van der Waals surface area contributed by atoms with Gasteiger partial charge in [0.25, 0.3) is 5.91 Å². The molecule has 45 heavy (non-hydrogen) atoms. The number of β-amino-alcohol motifs (C(OH)–C–C–N with tert-alkyl or cyclic N) is 1. The number of rotatable bonds is 11. The fraction of sp³-hybridized carbons (Fsp3) is 0.710. The molecule has 2 amide bonds. The standard InChI is InChI=1S/C31H47N9O5/c1-20-27(45-19-33-20)18-44-29-7-6-22-14-38(11-8-25(22)35-29)17-24(42)13-32-30(43)26-12-28(34-23-15-40(16-23)21(2)41)37-31(36-26)39-9-4-3-5-10-39/h12,19,22-25,29,35,42H,3-11,13-18H2,1-2H3,(H,32,43)(H,34,36,37). The normalized spacial score (nSPS) is 24.9. The van der Waals surface area contributed by atoms with Gasteiger partial charge in [0.15, 0.2) is 12.2 Å². The van der Waals surface area contributed by atoms with Gasteiger partial charge in [-0.3, -0.25) is 14.9 Å². The van der Waals surface area contributed by atoms with Gasteiger partial charge in [-0.15, -0.1) is 0 Å². The van der Waals surface area contributed by atoms with E-state index in [0.29, 0.717) is 50.0 Å². The van der Waals surface area contributed by atoms with E-state index in [1.165, 1.54) is 12.8 Å². The molecule has 4 N–H and O–H groups in total. The zero-order chi connectivity index (χ0) is 31.3. The van der Waals surface area contributed by atoms with Crippen molar-refractivity contribution in [3.05, 3.63) is 29.6 Å². The number of nitrogens with one attached hydrogen (secondary N) is 3. The molecule has 4 aliphatic rings. The van der Waals surface area contributed by atoms with Gasteiger partial charge in [-0.25, -0.2) is 9.97 Å². The molecule has 0 aliphatic carbocycles. The molecule has 14 nitrogen and oxygen atoms in total. The van der Waals surface area contributed by atoms with Gasteiger partial charge < -0.3 is 39.6 Å². The number of carbonyl (C=O) groups excluding carboxylic acids is 2. The summed E-state index contributed by atoms with van der Waals surface area (Å²) < 4.78 is 11.5.